The predicted molar refractivity (Wildman–Crippen MR) is 263 cm³/mol. The van der Waals surface area contributed by atoms with Crippen molar-refractivity contribution >= 4 is 5.97 Å². The summed E-state index contributed by atoms with van der Waals surface area (Å²) in [5, 5.41) is 32.8. The maximum atomic E-state index is 12.6. The van der Waals surface area contributed by atoms with Gasteiger partial charge in [-0.05, 0) is 94.9 Å². The Balaban J connectivity index is 1.36. The molecule has 3 rings (SSSR count). The van der Waals surface area contributed by atoms with Crippen LogP contribution in [-0.4, -0.2) is 44.7 Å². The monoisotopic (exact) mass is 867 g/mol. The van der Waals surface area contributed by atoms with Gasteiger partial charge in [0.1, 0.15) is 17.5 Å². The van der Waals surface area contributed by atoms with E-state index in [1.54, 1.807) is 26.0 Å². The second-order valence-corrected chi connectivity index (χ2v) is 20.3. The van der Waals surface area contributed by atoms with Gasteiger partial charge in [-0.25, -0.2) is 4.79 Å². The first kappa shape index (κ1) is 53.7. The van der Waals surface area contributed by atoms with E-state index in [0.29, 0.717) is 12.2 Å². The lowest BCUT2D eigenvalue weighted by atomic mass is 9.57. The summed E-state index contributed by atoms with van der Waals surface area (Å²) in [4.78, 5) is 12.6. The van der Waals surface area contributed by atoms with Crippen molar-refractivity contribution in [3.63, 3.8) is 0 Å². The third-order valence-corrected chi connectivity index (χ3v) is 13.2. The van der Waals surface area contributed by atoms with Gasteiger partial charge in [0.15, 0.2) is 0 Å². The smallest absolute Gasteiger partial charge is 0.343 e. The molecule has 0 amide bonds. The van der Waals surface area contributed by atoms with Crippen LogP contribution in [0.3, 0.4) is 0 Å². The molecule has 1 heterocycles. The summed E-state index contributed by atoms with van der Waals surface area (Å²) in [7, 11) is 0. The van der Waals surface area contributed by atoms with Crippen LogP contribution in [0.25, 0.3) is 0 Å². The molecule has 1 fully saturated rings. The number of carbonyl (C=O) groups is 1. The zero-order valence-electron chi connectivity index (χ0n) is 41.0. The number of rotatable bonds is 25. The van der Waals surface area contributed by atoms with Crippen molar-refractivity contribution in [3.05, 3.63) is 107 Å². The molecule has 0 aromatic carbocycles. The first-order chi connectivity index (χ1) is 29.9. The summed E-state index contributed by atoms with van der Waals surface area (Å²) in [6.07, 6.45) is 47.4. The van der Waals surface area contributed by atoms with Crippen molar-refractivity contribution in [1.29, 1.82) is 0 Å². The van der Waals surface area contributed by atoms with Crippen LogP contribution < -0.4 is 0 Å². The summed E-state index contributed by atoms with van der Waals surface area (Å²) >= 11 is 0. The molecule has 2 aliphatic carbocycles. The molecule has 1 aliphatic heterocycles. The van der Waals surface area contributed by atoms with Crippen molar-refractivity contribution in [3.8, 4) is 11.8 Å². The highest BCUT2D eigenvalue weighted by molar-refractivity contribution is 5.95. The van der Waals surface area contributed by atoms with E-state index >= 15 is 0 Å². The maximum Gasteiger partial charge on any atom is 0.343 e. The lowest BCUT2D eigenvalue weighted by molar-refractivity contribution is -0.216. The second kappa shape index (κ2) is 27.0. The molecule has 63 heavy (non-hydrogen) atoms. The standard InChI is InChI=1S/C57H86O6/c1-10-11-12-13-14-15-16-17-18-19-20-21-22-23-24-25-28-31-38-62-51-40-47(4)52(54(5,6)44-51)35-34-45(2)32-29-26-27-30-33-46(3)39-50-41-48(53(59)63-50)36-37-57(61)55(7,8)42-49(58)43-56(57,9)60/h26-27,29-33,36-39,41,49,51,58,60-61H,10-25,28,40,42-44H2,1-9H3/b29-26+,30-27+,37-36+,38-31+,45-32+,46-33+,50-39-/t49-,51+,56+,57+/m0/s1. The topological polar surface area (TPSA) is 96.2 Å². The van der Waals surface area contributed by atoms with Crippen LogP contribution in [0.4, 0.5) is 0 Å². The minimum atomic E-state index is -1.65. The Hall–Kier alpha value is -3.63. The zero-order chi connectivity index (χ0) is 46.4. The van der Waals surface area contributed by atoms with Crippen LogP contribution >= 0.6 is 0 Å². The van der Waals surface area contributed by atoms with Crippen LogP contribution in [0.1, 0.15) is 197 Å². The molecular weight excluding hydrogens is 781 g/mol. The van der Waals surface area contributed by atoms with Gasteiger partial charge in [0, 0.05) is 29.2 Å². The minimum Gasteiger partial charge on any atom is -0.498 e. The lowest BCUT2D eigenvalue weighted by Crippen LogP contribution is -2.65. The zero-order valence-corrected chi connectivity index (χ0v) is 41.0. The summed E-state index contributed by atoms with van der Waals surface area (Å²) in [5.41, 5.74) is 0.601. The van der Waals surface area contributed by atoms with E-state index in [1.807, 2.05) is 56.6 Å². The van der Waals surface area contributed by atoms with Gasteiger partial charge in [-0.2, -0.15) is 0 Å². The largest absolute Gasteiger partial charge is 0.498 e. The number of carbonyl (C=O) groups excluding carboxylic acids is 1. The van der Waals surface area contributed by atoms with Gasteiger partial charge in [-0.1, -0.05) is 185 Å². The Kier molecular flexibility index (Phi) is 23.0. The average Bonchev–Trinajstić information content (AvgIpc) is 3.55. The van der Waals surface area contributed by atoms with Crippen molar-refractivity contribution in [2.45, 2.75) is 221 Å². The van der Waals surface area contributed by atoms with Crippen molar-refractivity contribution in [1.82, 2.24) is 0 Å². The van der Waals surface area contributed by atoms with Gasteiger partial charge >= 0.3 is 5.97 Å². The molecule has 0 radical (unpaired) electrons. The number of allylic oxidation sites excluding steroid dienone is 12. The van der Waals surface area contributed by atoms with E-state index in [2.05, 4.69) is 45.6 Å². The van der Waals surface area contributed by atoms with E-state index in [4.69, 9.17) is 9.47 Å². The first-order valence-electron chi connectivity index (χ1n) is 24.6. The van der Waals surface area contributed by atoms with E-state index in [-0.39, 0.29) is 23.5 Å². The quantitative estimate of drug-likeness (QED) is 0.0278. The Labute approximate surface area is 384 Å². The molecule has 3 N–H and O–H groups in total. The molecule has 3 aliphatic rings. The summed E-state index contributed by atoms with van der Waals surface area (Å²) < 4.78 is 11.7. The third kappa shape index (κ3) is 18.4. The minimum absolute atomic E-state index is 0.0360. The van der Waals surface area contributed by atoms with Gasteiger partial charge in [0.05, 0.1) is 23.5 Å². The highest BCUT2D eigenvalue weighted by atomic mass is 16.5. The Morgan fingerprint density at radius 1 is 0.810 bits per heavy atom. The number of aliphatic hydroxyl groups excluding tert-OH is 1. The molecule has 0 aromatic rings. The Morgan fingerprint density at radius 3 is 1.95 bits per heavy atom. The highest BCUT2D eigenvalue weighted by Gasteiger charge is 2.58. The average molecular weight is 867 g/mol. The number of aliphatic hydroxyl groups is 3. The fourth-order valence-electron chi connectivity index (χ4n) is 9.56. The van der Waals surface area contributed by atoms with Gasteiger partial charge in [-0.3, -0.25) is 0 Å². The summed E-state index contributed by atoms with van der Waals surface area (Å²) in [6, 6.07) is 0. The molecule has 0 bridgehead atoms. The highest BCUT2D eigenvalue weighted by Crippen LogP contribution is 2.50. The maximum absolute atomic E-state index is 12.6. The van der Waals surface area contributed by atoms with Gasteiger partial charge in [-0.15, -0.1) is 0 Å². The lowest BCUT2D eigenvalue weighted by Gasteiger charge is -2.54. The fourth-order valence-corrected chi connectivity index (χ4v) is 9.56. The molecule has 6 nitrogen and oxygen atoms in total. The Morgan fingerprint density at radius 2 is 1.38 bits per heavy atom. The molecule has 0 aromatic heterocycles. The van der Waals surface area contributed by atoms with E-state index in [0.717, 1.165) is 30.4 Å². The molecule has 0 saturated heterocycles. The van der Waals surface area contributed by atoms with E-state index in [9.17, 15) is 20.1 Å². The summed E-state index contributed by atoms with van der Waals surface area (Å²) in [6.45, 7) is 18.1. The van der Waals surface area contributed by atoms with Gasteiger partial charge in [0.2, 0.25) is 0 Å². The number of esters is 1. The second-order valence-electron chi connectivity index (χ2n) is 20.3. The summed E-state index contributed by atoms with van der Waals surface area (Å²) in [5.74, 6) is 6.74. The number of hydrogen-bond acceptors (Lipinski definition) is 6. The number of unbranched alkanes of at least 4 members (excludes halogenated alkanes) is 16. The Bertz CT molecular complexity index is 1770. The molecule has 1 saturated carbocycles. The number of hydrogen-bond donors (Lipinski definition) is 3. The van der Waals surface area contributed by atoms with Gasteiger partial charge in [0.25, 0.3) is 0 Å². The van der Waals surface area contributed by atoms with Crippen LogP contribution in [0, 0.1) is 22.7 Å². The normalized spacial score (nSPS) is 26.1. The van der Waals surface area contributed by atoms with Crippen LogP contribution in [0.2, 0.25) is 0 Å². The molecule has 4 atom stereocenters. The predicted octanol–water partition coefficient (Wildman–Crippen LogP) is 14.3. The van der Waals surface area contributed by atoms with Crippen molar-refractivity contribution in [2.24, 2.45) is 10.8 Å². The van der Waals surface area contributed by atoms with Crippen molar-refractivity contribution < 1.29 is 29.6 Å². The molecule has 350 valence electrons. The van der Waals surface area contributed by atoms with Crippen LogP contribution in [-0.2, 0) is 14.3 Å². The first-order valence-corrected chi connectivity index (χ1v) is 24.6. The number of cyclic esters (lactones) is 1. The molecular formula is C57H86O6. The van der Waals surface area contributed by atoms with Crippen molar-refractivity contribution in [2.75, 3.05) is 0 Å². The third-order valence-electron chi connectivity index (χ3n) is 13.2. The molecule has 0 unspecified atom stereocenters. The van der Waals surface area contributed by atoms with Crippen LogP contribution in [0.15, 0.2) is 107 Å². The number of ether oxygens (including phenoxy) is 2. The fraction of sp³-hybridized carbons (Fsp3) is 0.632. The molecule has 6 heteroatoms. The van der Waals surface area contributed by atoms with E-state index in [1.165, 1.54) is 133 Å². The van der Waals surface area contributed by atoms with Crippen LogP contribution in [0.5, 0.6) is 0 Å². The molecule has 0 spiro atoms. The van der Waals surface area contributed by atoms with Gasteiger partial charge < -0.3 is 24.8 Å². The van der Waals surface area contributed by atoms with E-state index < -0.39 is 28.7 Å². The SMILES string of the molecule is CCCCCCCCCCCCCCCCCC/C=C/O[C@@H]1CC(C)=C(C#C/C(C)=C/C=C/C=C/C=C(C)/C=C2C=C(/C=C/[C@@]3(O)C(C)(C)C[C@H](O)C[C@@]3(C)O)C(=O)O/2)C(C)(C)C1.